The number of benzene rings is 2. The van der Waals surface area contributed by atoms with Gasteiger partial charge in [0.25, 0.3) is 0 Å². The highest BCUT2D eigenvalue weighted by Gasteiger charge is 2.44. The Bertz CT molecular complexity index is 811. The van der Waals surface area contributed by atoms with Crippen molar-refractivity contribution < 1.29 is 9.53 Å². The van der Waals surface area contributed by atoms with Crippen molar-refractivity contribution in [1.82, 2.24) is 10.2 Å². The molecule has 2 aromatic rings. The third-order valence-corrected chi connectivity index (χ3v) is 6.48. The molecule has 1 N–H and O–H groups in total. The second-order valence-electron chi connectivity index (χ2n) is 8.06. The van der Waals surface area contributed by atoms with Gasteiger partial charge in [0.05, 0.1) is 7.11 Å². The van der Waals surface area contributed by atoms with E-state index in [1.807, 2.05) is 0 Å². The lowest BCUT2D eigenvalue weighted by atomic mass is 9.82. The van der Waals surface area contributed by atoms with Gasteiger partial charge in [-0.1, -0.05) is 48.5 Å². The average molecular weight is 362 g/mol. The molecule has 1 atom stereocenters. The molecule has 3 aliphatic rings. The van der Waals surface area contributed by atoms with E-state index in [2.05, 4.69) is 58.7 Å². The Hall–Kier alpha value is -2.33. The first kappa shape index (κ1) is 16.8. The molecule has 27 heavy (non-hydrogen) atoms. The largest absolute Gasteiger partial charge is 0.453 e. The van der Waals surface area contributed by atoms with Crippen molar-refractivity contribution in [3.8, 4) is 11.1 Å². The fraction of sp³-hybridized carbons (Fsp3) is 0.435. The molecule has 2 aliphatic carbocycles. The van der Waals surface area contributed by atoms with Crippen LogP contribution >= 0.6 is 0 Å². The molecule has 140 valence electrons. The molecule has 1 amide bonds. The summed E-state index contributed by atoms with van der Waals surface area (Å²) in [6, 6.07) is 18.1. The maximum Gasteiger partial charge on any atom is 0.409 e. The van der Waals surface area contributed by atoms with E-state index in [1.165, 1.54) is 29.4 Å². The van der Waals surface area contributed by atoms with Crippen LogP contribution in [0.1, 0.15) is 36.3 Å². The summed E-state index contributed by atoms with van der Waals surface area (Å²) in [4.78, 5) is 14.7. The van der Waals surface area contributed by atoms with Gasteiger partial charge in [0.15, 0.2) is 0 Å². The third-order valence-electron chi connectivity index (χ3n) is 6.48. The number of carbonyl (C=O) groups excluding carboxylic acids is 1. The second kappa shape index (κ2) is 6.68. The van der Waals surface area contributed by atoms with E-state index in [0.717, 1.165) is 32.4 Å². The zero-order chi connectivity index (χ0) is 18.4. The summed E-state index contributed by atoms with van der Waals surface area (Å²) in [6.45, 7) is 1.97. The maximum absolute atomic E-state index is 12.6. The molecule has 0 aromatic heterocycles. The Balaban J connectivity index is 1.52. The van der Waals surface area contributed by atoms with Crippen molar-refractivity contribution in [2.45, 2.75) is 37.3 Å². The number of methoxy groups -OCH3 is 1. The van der Waals surface area contributed by atoms with Crippen molar-refractivity contribution in [2.24, 2.45) is 5.92 Å². The first-order valence-electron chi connectivity index (χ1n) is 10.0. The zero-order valence-corrected chi connectivity index (χ0v) is 15.7. The van der Waals surface area contributed by atoms with Gasteiger partial charge in [0, 0.05) is 37.0 Å². The van der Waals surface area contributed by atoms with Gasteiger partial charge in [-0.15, -0.1) is 0 Å². The van der Waals surface area contributed by atoms with Crippen LogP contribution in [0.3, 0.4) is 0 Å². The number of carbonyl (C=O) groups is 1. The quantitative estimate of drug-likeness (QED) is 0.874. The Labute approximate surface area is 160 Å². The van der Waals surface area contributed by atoms with Crippen LogP contribution in [-0.4, -0.2) is 43.3 Å². The molecule has 4 heteroatoms. The molecule has 1 heterocycles. The second-order valence-corrected chi connectivity index (χ2v) is 8.06. The Kier molecular flexibility index (Phi) is 4.16. The van der Waals surface area contributed by atoms with E-state index >= 15 is 0 Å². The number of amides is 1. The van der Waals surface area contributed by atoms with Crippen molar-refractivity contribution in [2.75, 3.05) is 20.2 Å². The van der Waals surface area contributed by atoms with Crippen molar-refractivity contribution in [3.05, 3.63) is 59.7 Å². The standard InChI is InChI=1S/C23H26N2O2/c1-27-23(26)25(16-10-11-16)22(15-13-24-14-15)12-21-19-8-4-2-6-17(19)18-7-3-5-9-20(18)21/h2-9,15-16,21-22,24H,10-14H2,1H3. The van der Waals surface area contributed by atoms with Crippen LogP contribution in [0.2, 0.25) is 0 Å². The predicted octanol–water partition coefficient (Wildman–Crippen LogP) is 4.01. The van der Waals surface area contributed by atoms with Gasteiger partial charge in [-0.3, -0.25) is 0 Å². The van der Waals surface area contributed by atoms with Gasteiger partial charge < -0.3 is 15.0 Å². The summed E-state index contributed by atoms with van der Waals surface area (Å²) in [5, 5.41) is 3.40. The summed E-state index contributed by atoms with van der Waals surface area (Å²) in [5.41, 5.74) is 5.49. The lowest BCUT2D eigenvalue weighted by molar-refractivity contribution is 0.0659. The molecule has 2 fully saturated rings. The molecule has 1 unspecified atom stereocenters. The molecule has 0 bridgehead atoms. The van der Waals surface area contributed by atoms with Crippen LogP contribution in [0, 0.1) is 5.92 Å². The lowest BCUT2D eigenvalue weighted by Gasteiger charge is -2.42. The number of hydrogen-bond acceptors (Lipinski definition) is 3. The van der Waals surface area contributed by atoms with Crippen molar-refractivity contribution in [3.63, 3.8) is 0 Å². The first-order valence-corrected chi connectivity index (χ1v) is 10.0. The molecule has 1 saturated carbocycles. The summed E-state index contributed by atoms with van der Waals surface area (Å²) < 4.78 is 5.18. The van der Waals surface area contributed by atoms with Crippen LogP contribution in [0.25, 0.3) is 11.1 Å². The minimum atomic E-state index is -0.158. The van der Waals surface area contributed by atoms with E-state index in [9.17, 15) is 4.79 Å². The first-order chi connectivity index (χ1) is 13.3. The fourth-order valence-corrected chi connectivity index (χ4v) is 4.88. The Morgan fingerprint density at radius 3 is 2.15 bits per heavy atom. The number of ether oxygens (including phenoxy) is 1. The highest BCUT2D eigenvalue weighted by molar-refractivity contribution is 5.78. The zero-order valence-electron chi connectivity index (χ0n) is 15.7. The Morgan fingerprint density at radius 1 is 1.07 bits per heavy atom. The normalized spacial score (nSPS) is 19.7. The van der Waals surface area contributed by atoms with E-state index in [0.29, 0.717) is 17.9 Å². The van der Waals surface area contributed by atoms with E-state index < -0.39 is 0 Å². The van der Waals surface area contributed by atoms with Crippen LogP contribution in [0.4, 0.5) is 4.79 Å². The smallest absolute Gasteiger partial charge is 0.409 e. The molecule has 1 saturated heterocycles. The van der Waals surface area contributed by atoms with Crippen LogP contribution in [0.15, 0.2) is 48.5 Å². The monoisotopic (exact) mass is 362 g/mol. The number of fused-ring (bicyclic) bond motifs is 3. The SMILES string of the molecule is COC(=O)N(C1CC1)C(CC1c2ccccc2-c2ccccc21)C1CNC1. The molecule has 1 aliphatic heterocycles. The molecule has 2 aromatic carbocycles. The van der Waals surface area contributed by atoms with E-state index in [4.69, 9.17) is 4.74 Å². The van der Waals surface area contributed by atoms with Gasteiger partial charge in [-0.2, -0.15) is 0 Å². The minimum absolute atomic E-state index is 0.158. The summed E-state index contributed by atoms with van der Waals surface area (Å²) in [5.74, 6) is 0.846. The Morgan fingerprint density at radius 2 is 1.67 bits per heavy atom. The topological polar surface area (TPSA) is 41.6 Å². The maximum atomic E-state index is 12.6. The summed E-state index contributed by atoms with van der Waals surface area (Å²) in [7, 11) is 1.51. The lowest BCUT2D eigenvalue weighted by Crippen LogP contribution is -2.57. The number of hydrogen-bond donors (Lipinski definition) is 1. The molecular formula is C23H26N2O2. The van der Waals surface area contributed by atoms with Crippen molar-refractivity contribution >= 4 is 6.09 Å². The van der Waals surface area contributed by atoms with Crippen LogP contribution in [-0.2, 0) is 4.74 Å². The number of nitrogens with one attached hydrogen (secondary N) is 1. The van der Waals surface area contributed by atoms with Gasteiger partial charge >= 0.3 is 6.09 Å². The summed E-state index contributed by atoms with van der Waals surface area (Å²) >= 11 is 0. The third kappa shape index (κ3) is 2.83. The van der Waals surface area contributed by atoms with Gasteiger partial charge in [-0.05, 0) is 41.5 Å². The van der Waals surface area contributed by atoms with Gasteiger partial charge in [0.2, 0.25) is 0 Å². The van der Waals surface area contributed by atoms with Gasteiger partial charge in [0.1, 0.15) is 0 Å². The molecular weight excluding hydrogens is 336 g/mol. The van der Waals surface area contributed by atoms with Gasteiger partial charge in [-0.25, -0.2) is 4.79 Å². The van der Waals surface area contributed by atoms with Crippen LogP contribution in [0.5, 0.6) is 0 Å². The van der Waals surface area contributed by atoms with E-state index in [1.54, 1.807) is 0 Å². The molecule has 0 spiro atoms. The fourth-order valence-electron chi connectivity index (χ4n) is 4.88. The summed E-state index contributed by atoms with van der Waals surface area (Å²) in [6.07, 6.45) is 3.01. The highest BCUT2D eigenvalue weighted by atomic mass is 16.5. The number of nitrogens with zero attached hydrogens (tertiary/aromatic N) is 1. The van der Waals surface area contributed by atoms with Crippen LogP contribution < -0.4 is 5.32 Å². The predicted molar refractivity (Wildman–Crippen MR) is 106 cm³/mol. The molecule has 5 rings (SSSR count). The average Bonchev–Trinajstić information content (AvgIpc) is 3.44. The van der Waals surface area contributed by atoms with E-state index in [-0.39, 0.29) is 12.1 Å². The number of rotatable bonds is 5. The molecule has 4 nitrogen and oxygen atoms in total. The van der Waals surface area contributed by atoms with Crippen molar-refractivity contribution in [1.29, 1.82) is 0 Å². The molecule has 0 radical (unpaired) electrons. The highest BCUT2D eigenvalue weighted by Crippen LogP contribution is 2.48. The minimum Gasteiger partial charge on any atom is -0.453 e.